The molecule has 0 aliphatic carbocycles. The van der Waals surface area contributed by atoms with Gasteiger partial charge in [0.15, 0.2) is 0 Å². The predicted octanol–water partition coefficient (Wildman–Crippen LogP) is 2.54. The van der Waals surface area contributed by atoms with Crippen LogP contribution < -0.4 is 4.90 Å². The lowest BCUT2D eigenvalue weighted by molar-refractivity contribution is 0.0748. The van der Waals surface area contributed by atoms with Crippen molar-refractivity contribution >= 4 is 22.6 Å². The minimum atomic E-state index is 0.118. The van der Waals surface area contributed by atoms with E-state index < -0.39 is 0 Å². The van der Waals surface area contributed by atoms with Crippen molar-refractivity contribution < 1.29 is 4.79 Å². The largest absolute Gasteiger partial charge is 0.353 e. The van der Waals surface area contributed by atoms with E-state index >= 15 is 0 Å². The average molecular weight is 320 g/mol. The number of rotatable bonds is 2. The second-order valence-electron chi connectivity index (χ2n) is 6.14. The quantitative estimate of drug-likeness (QED) is 0.728. The van der Waals surface area contributed by atoms with Crippen LogP contribution in [0.15, 0.2) is 54.9 Å². The SMILES string of the molecule is Cn1cc(C(=O)N2CCN(c3ccccn3)CC2)c2ccccc21. The third-order valence-electron chi connectivity index (χ3n) is 4.67. The number of piperazine rings is 1. The van der Waals surface area contributed by atoms with Gasteiger partial charge in [0.25, 0.3) is 5.91 Å². The molecular formula is C19H20N4O. The number of para-hydroxylation sites is 1. The Morgan fingerprint density at radius 2 is 1.75 bits per heavy atom. The Labute approximate surface area is 141 Å². The van der Waals surface area contributed by atoms with Gasteiger partial charge in [0.05, 0.1) is 5.56 Å². The Morgan fingerprint density at radius 1 is 1.00 bits per heavy atom. The van der Waals surface area contributed by atoms with E-state index in [9.17, 15) is 4.79 Å². The number of hydrogen-bond acceptors (Lipinski definition) is 3. The van der Waals surface area contributed by atoms with Gasteiger partial charge in [-0.2, -0.15) is 0 Å². The van der Waals surface area contributed by atoms with Gasteiger partial charge >= 0.3 is 0 Å². The zero-order chi connectivity index (χ0) is 16.5. The highest BCUT2D eigenvalue weighted by Crippen LogP contribution is 2.22. The Hall–Kier alpha value is -2.82. The van der Waals surface area contributed by atoms with Crippen LogP contribution in [0.1, 0.15) is 10.4 Å². The summed E-state index contributed by atoms with van der Waals surface area (Å²) < 4.78 is 2.02. The third kappa shape index (κ3) is 2.52. The first-order valence-electron chi connectivity index (χ1n) is 8.23. The third-order valence-corrected chi connectivity index (χ3v) is 4.67. The highest BCUT2D eigenvalue weighted by Gasteiger charge is 2.24. The minimum absolute atomic E-state index is 0.118. The van der Waals surface area contributed by atoms with Gasteiger partial charge in [0.2, 0.25) is 0 Å². The molecule has 0 unspecified atom stereocenters. The van der Waals surface area contributed by atoms with Crippen molar-refractivity contribution in [1.82, 2.24) is 14.5 Å². The van der Waals surface area contributed by atoms with Gasteiger partial charge in [0.1, 0.15) is 5.82 Å². The molecule has 5 heteroatoms. The number of carbonyl (C=O) groups is 1. The smallest absolute Gasteiger partial charge is 0.256 e. The number of anilines is 1. The molecule has 0 bridgehead atoms. The van der Waals surface area contributed by atoms with E-state index in [1.807, 2.05) is 71.4 Å². The highest BCUT2D eigenvalue weighted by atomic mass is 16.2. The molecule has 4 rings (SSSR count). The highest BCUT2D eigenvalue weighted by molar-refractivity contribution is 6.07. The van der Waals surface area contributed by atoms with Crippen LogP contribution in [0.2, 0.25) is 0 Å². The van der Waals surface area contributed by atoms with Gasteiger partial charge in [0, 0.05) is 56.5 Å². The lowest BCUT2D eigenvalue weighted by Crippen LogP contribution is -2.49. The van der Waals surface area contributed by atoms with Crippen LogP contribution in [0.25, 0.3) is 10.9 Å². The van der Waals surface area contributed by atoms with Gasteiger partial charge in [-0.15, -0.1) is 0 Å². The van der Waals surface area contributed by atoms with Crippen molar-refractivity contribution in [3.05, 3.63) is 60.4 Å². The maximum Gasteiger partial charge on any atom is 0.256 e. The zero-order valence-corrected chi connectivity index (χ0v) is 13.7. The molecule has 1 amide bonds. The van der Waals surface area contributed by atoms with Crippen LogP contribution in [-0.2, 0) is 7.05 Å². The van der Waals surface area contributed by atoms with E-state index in [0.717, 1.165) is 48.5 Å². The summed E-state index contributed by atoms with van der Waals surface area (Å²) in [6, 6.07) is 14.0. The van der Waals surface area contributed by atoms with E-state index in [-0.39, 0.29) is 5.91 Å². The first kappa shape index (κ1) is 14.8. The predicted molar refractivity (Wildman–Crippen MR) is 95.3 cm³/mol. The fourth-order valence-electron chi connectivity index (χ4n) is 3.36. The number of aryl methyl sites for hydroxylation is 1. The normalized spacial score (nSPS) is 15.0. The second-order valence-corrected chi connectivity index (χ2v) is 6.14. The molecule has 1 fully saturated rings. The molecule has 1 aromatic carbocycles. The summed E-state index contributed by atoms with van der Waals surface area (Å²) in [4.78, 5) is 21.5. The zero-order valence-electron chi connectivity index (χ0n) is 13.7. The standard InChI is InChI=1S/C19H20N4O/c1-21-14-16(15-6-2-3-7-17(15)21)19(24)23-12-10-22(11-13-23)18-8-4-5-9-20-18/h2-9,14H,10-13H2,1H3. The molecule has 2 aromatic heterocycles. The van der Waals surface area contributed by atoms with Gasteiger partial charge in [-0.25, -0.2) is 4.98 Å². The van der Waals surface area contributed by atoms with Gasteiger partial charge in [-0.05, 0) is 18.2 Å². The molecule has 0 N–H and O–H groups in total. The van der Waals surface area contributed by atoms with E-state index in [2.05, 4.69) is 9.88 Å². The molecule has 3 heterocycles. The minimum Gasteiger partial charge on any atom is -0.353 e. The molecule has 5 nitrogen and oxygen atoms in total. The summed E-state index contributed by atoms with van der Waals surface area (Å²) in [6.07, 6.45) is 3.75. The lowest BCUT2D eigenvalue weighted by atomic mass is 10.1. The van der Waals surface area contributed by atoms with Crippen LogP contribution in [-0.4, -0.2) is 46.5 Å². The number of amides is 1. The van der Waals surface area contributed by atoms with Crippen LogP contribution in [0.4, 0.5) is 5.82 Å². The van der Waals surface area contributed by atoms with E-state index in [1.54, 1.807) is 0 Å². The van der Waals surface area contributed by atoms with Crippen molar-refractivity contribution in [3.63, 3.8) is 0 Å². The lowest BCUT2D eigenvalue weighted by Gasteiger charge is -2.35. The first-order valence-corrected chi connectivity index (χ1v) is 8.23. The topological polar surface area (TPSA) is 41.4 Å². The van der Waals surface area contributed by atoms with Crippen molar-refractivity contribution in [2.24, 2.45) is 7.05 Å². The van der Waals surface area contributed by atoms with E-state index in [0.29, 0.717) is 0 Å². The number of hydrogen-bond donors (Lipinski definition) is 0. The van der Waals surface area contributed by atoms with Gasteiger partial charge in [-0.3, -0.25) is 4.79 Å². The fourth-order valence-corrected chi connectivity index (χ4v) is 3.36. The van der Waals surface area contributed by atoms with E-state index in [1.165, 1.54) is 0 Å². The van der Waals surface area contributed by atoms with E-state index in [4.69, 9.17) is 0 Å². The Morgan fingerprint density at radius 3 is 2.50 bits per heavy atom. The maximum atomic E-state index is 12.9. The number of nitrogens with zero attached hydrogens (tertiary/aromatic N) is 4. The van der Waals surface area contributed by atoms with Crippen LogP contribution >= 0.6 is 0 Å². The molecule has 1 aliphatic rings. The summed E-state index contributed by atoms with van der Waals surface area (Å²) in [5, 5.41) is 1.03. The van der Waals surface area contributed by atoms with Crippen LogP contribution in [0.3, 0.4) is 0 Å². The number of fused-ring (bicyclic) bond motifs is 1. The molecule has 1 saturated heterocycles. The first-order chi connectivity index (χ1) is 11.7. The summed E-state index contributed by atoms with van der Waals surface area (Å²) in [5.74, 6) is 1.10. The number of aromatic nitrogens is 2. The van der Waals surface area contributed by atoms with Crippen molar-refractivity contribution in [2.75, 3.05) is 31.1 Å². The molecule has 3 aromatic rings. The molecule has 0 atom stereocenters. The Bertz CT molecular complexity index is 863. The Balaban J connectivity index is 1.52. The molecule has 0 saturated carbocycles. The molecule has 0 spiro atoms. The van der Waals surface area contributed by atoms with Crippen molar-refractivity contribution in [3.8, 4) is 0 Å². The number of pyridine rings is 1. The average Bonchev–Trinajstić information content (AvgIpc) is 2.99. The number of benzene rings is 1. The summed E-state index contributed by atoms with van der Waals surface area (Å²) in [5.41, 5.74) is 1.88. The van der Waals surface area contributed by atoms with Crippen molar-refractivity contribution in [2.45, 2.75) is 0 Å². The Kier molecular flexibility index (Phi) is 3.69. The molecule has 1 aliphatic heterocycles. The molecule has 122 valence electrons. The summed E-state index contributed by atoms with van der Waals surface area (Å²) in [6.45, 7) is 3.07. The molecule has 0 radical (unpaired) electrons. The second kappa shape index (κ2) is 6.00. The van der Waals surface area contributed by atoms with Crippen LogP contribution in [0, 0.1) is 0 Å². The summed E-state index contributed by atoms with van der Waals surface area (Å²) in [7, 11) is 1.98. The maximum absolute atomic E-state index is 12.9. The fraction of sp³-hybridized carbons (Fsp3) is 0.263. The summed E-state index contributed by atoms with van der Waals surface area (Å²) >= 11 is 0. The molecular weight excluding hydrogens is 300 g/mol. The van der Waals surface area contributed by atoms with Gasteiger partial charge < -0.3 is 14.4 Å². The van der Waals surface area contributed by atoms with Crippen LogP contribution in [0.5, 0.6) is 0 Å². The van der Waals surface area contributed by atoms with Gasteiger partial charge in [-0.1, -0.05) is 24.3 Å². The number of carbonyl (C=O) groups excluding carboxylic acids is 1. The molecule has 24 heavy (non-hydrogen) atoms. The van der Waals surface area contributed by atoms with Crippen molar-refractivity contribution in [1.29, 1.82) is 0 Å². The monoisotopic (exact) mass is 320 g/mol.